The molecule has 1 aliphatic rings. The number of aryl methyl sites for hydroxylation is 1. The van der Waals surface area contributed by atoms with Gasteiger partial charge in [-0.25, -0.2) is 4.39 Å². The van der Waals surface area contributed by atoms with Crippen LogP contribution < -0.4 is 10.2 Å². The fourth-order valence-electron chi connectivity index (χ4n) is 3.55. The SMILES string of the molecule is Cc1ccc(F)cc1NC(=O)C(C)N1CCN(c2oc(-c3ccco3)nc2C#N)CC1. The highest BCUT2D eigenvalue weighted by atomic mass is 19.1. The zero-order valence-corrected chi connectivity index (χ0v) is 17.3. The van der Waals surface area contributed by atoms with Crippen LogP contribution in [-0.4, -0.2) is 48.0 Å². The van der Waals surface area contributed by atoms with Crippen molar-refractivity contribution in [2.24, 2.45) is 0 Å². The Morgan fingerprint density at radius 2 is 2.06 bits per heavy atom. The van der Waals surface area contributed by atoms with Crippen LogP contribution in [0.4, 0.5) is 16.0 Å². The zero-order valence-electron chi connectivity index (χ0n) is 17.3. The summed E-state index contributed by atoms with van der Waals surface area (Å²) in [5.41, 5.74) is 1.47. The van der Waals surface area contributed by atoms with E-state index in [0.717, 1.165) is 5.56 Å². The summed E-state index contributed by atoms with van der Waals surface area (Å²) in [7, 11) is 0. The standard InChI is InChI=1S/C22H22FN5O3/c1-14-5-6-16(23)12-17(14)25-20(29)15(2)27-7-9-28(10-8-27)22-18(13-24)26-21(31-22)19-4-3-11-30-19/h3-6,11-12,15H,7-10H2,1-2H3,(H,25,29). The lowest BCUT2D eigenvalue weighted by Gasteiger charge is -2.37. The van der Waals surface area contributed by atoms with Crippen molar-refractivity contribution >= 4 is 17.5 Å². The highest BCUT2D eigenvalue weighted by molar-refractivity contribution is 5.95. The third-order valence-corrected chi connectivity index (χ3v) is 5.43. The van der Waals surface area contributed by atoms with Gasteiger partial charge in [-0.2, -0.15) is 10.2 Å². The maximum Gasteiger partial charge on any atom is 0.266 e. The number of carbonyl (C=O) groups excluding carboxylic acids is 1. The van der Waals surface area contributed by atoms with E-state index in [4.69, 9.17) is 8.83 Å². The molecule has 4 rings (SSSR count). The van der Waals surface area contributed by atoms with Gasteiger partial charge in [-0.1, -0.05) is 6.07 Å². The molecule has 1 amide bonds. The van der Waals surface area contributed by atoms with Gasteiger partial charge in [0, 0.05) is 31.9 Å². The van der Waals surface area contributed by atoms with Crippen molar-refractivity contribution in [3.8, 4) is 17.7 Å². The molecule has 31 heavy (non-hydrogen) atoms. The second kappa shape index (κ2) is 8.62. The second-order valence-corrected chi connectivity index (χ2v) is 7.41. The van der Waals surface area contributed by atoms with E-state index in [-0.39, 0.29) is 17.5 Å². The number of oxazole rings is 1. The summed E-state index contributed by atoms with van der Waals surface area (Å²) < 4.78 is 24.6. The van der Waals surface area contributed by atoms with Crippen LogP contribution in [0, 0.1) is 24.1 Å². The minimum Gasteiger partial charge on any atom is -0.459 e. The molecule has 0 aliphatic carbocycles. The van der Waals surface area contributed by atoms with Crippen LogP contribution in [0.25, 0.3) is 11.7 Å². The molecular weight excluding hydrogens is 401 g/mol. The van der Waals surface area contributed by atoms with Gasteiger partial charge in [-0.15, -0.1) is 0 Å². The van der Waals surface area contributed by atoms with Crippen molar-refractivity contribution in [2.45, 2.75) is 19.9 Å². The van der Waals surface area contributed by atoms with Gasteiger partial charge in [-0.05, 0) is 43.7 Å². The van der Waals surface area contributed by atoms with Crippen LogP contribution in [0.2, 0.25) is 0 Å². The summed E-state index contributed by atoms with van der Waals surface area (Å²) in [6.07, 6.45) is 1.52. The van der Waals surface area contributed by atoms with Gasteiger partial charge >= 0.3 is 0 Å². The molecule has 1 unspecified atom stereocenters. The number of anilines is 2. The van der Waals surface area contributed by atoms with Crippen LogP contribution in [0.3, 0.4) is 0 Å². The molecule has 2 aromatic heterocycles. The lowest BCUT2D eigenvalue weighted by atomic mass is 10.1. The molecule has 9 heteroatoms. The number of amides is 1. The number of halogens is 1. The molecule has 3 aromatic rings. The fraction of sp³-hybridized carbons (Fsp3) is 0.318. The van der Waals surface area contributed by atoms with E-state index in [1.807, 2.05) is 23.6 Å². The quantitative estimate of drug-likeness (QED) is 0.671. The molecule has 0 spiro atoms. The lowest BCUT2D eigenvalue weighted by Crippen LogP contribution is -2.53. The highest BCUT2D eigenvalue weighted by Crippen LogP contribution is 2.29. The second-order valence-electron chi connectivity index (χ2n) is 7.41. The summed E-state index contributed by atoms with van der Waals surface area (Å²) >= 11 is 0. The largest absolute Gasteiger partial charge is 0.459 e. The average molecular weight is 423 g/mol. The first-order valence-electron chi connectivity index (χ1n) is 9.97. The molecule has 0 bridgehead atoms. The first kappa shape index (κ1) is 20.6. The number of nitrogens with zero attached hydrogens (tertiary/aromatic N) is 4. The predicted molar refractivity (Wildman–Crippen MR) is 112 cm³/mol. The van der Waals surface area contributed by atoms with Crippen LogP contribution in [-0.2, 0) is 4.79 Å². The smallest absolute Gasteiger partial charge is 0.266 e. The van der Waals surface area contributed by atoms with Gasteiger partial charge in [0.1, 0.15) is 11.9 Å². The minimum absolute atomic E-state index is 0.195. The van der Waals surface area contributed by atoms with E-state index < -0.39 is 11.9 Å². The van der Waals surface area contributed by atoms with Gasteiger partial charge in [-0.3, -0.25) is 9.69 Å². The number of piperazine rings is 1. The third-order valence-electron chi connectivity index (χ3n) is 5.43. The Balaban J connectivity index is 1.40. The van der Waals surface area contributed by atoms with Crippen molar-refractivity contribution in [3.05, 3.63) is 53.7 Å². The maximum absolute atomic E-state index is 13.5. The molecule has 1 aromatic carbocycles. The van der Waals surface area contributed by atoms with E-state index >= 15 is 0 Å². The number of nitriles is 1. The van der Waals surface area contributed by atoms with E-state index in [1.54, 1.807) is 18.2 Å². The number of hydrogen-bond donors (Lipinski definition) is 1. The molecule has 1 aliphatic heterocycles. The maximum atomic E-state index is 13.5. The summed E-state index contributed by atoms with van der Waals surface area (Å²) in [6.45, 7) is 5.97. The van der Waals surface area contributed by atoms with Gasteiger partial charge in [0.25, 0.3) is 5.89 Å². The normalized spacial score (nSPS) is 15.5. The highest BCUT2D eigenvalue weighted by Gasteiger charge is 2.29. The first-order chi connectivity index (χ1) is 15.0. The molecule has 8 nitrogen and oxygen atoms in total. The van der Waals surface area contributed by atoms with Crippen molar-refractivity contribution in [1.29, 1.82) is 5.26 Å². The summed E-state index contributed by atoms with van der Waals surface area (Å²) in [6, 6.07) is 9.44. The lowest BCUT2D eigenvalue weighted by molar-refractivity contribution is -0.120. The Hall–Kier alpha value is -3.64. The van der Waals surface area contributed by atoms with Gasteiger partial charge in [0.05, 0.1) is 12.3 Å². The molecule has 3 heterocycles. The van der Waals surface area contributed by atoms with Crippen molar-refractivity contribution in [1.82, 2.24) is 9.88 Å². The summed E-state index contributed by atoms with van der Waals surface area (Å²) in [5.74, 6) is 0.536. The molecule has 1 fully saturated rings. The Morgan fingerprint density at radius 3 is 2.74 bits per heavy atom. The Bertz CT molecular complexity index is 1110. The number of nitrogens with one attached hydrogen (secondary N) is 1. The molecular formula is C22H22FN5O3. The van der Waals surface area contributed by atoms with Crippen molar-refractivity contribution < 1.29 is 18.0 Å². The van der Waals surface area contributed by atoms with Crippen LogP contribution in [0.1, 0.15) is 18.2 Å². The molecule has 1 atom stereocenters. The fourth-order valence-corrected chi connectivity index (χ4v) is 3.55. The number of hydrogen-bond acceptors (Lipinski definition) is 7. The monoisotopic (exact) mass is 423 g/mol. The number of furan rings is 1. The van der Waals surface area contributed by atoms with Crippen molar-refractivity contribution in [3.63, 3.8) is 0 Å². The molecule has 1 saturated heterocycles. The number of aromatic nitrogens is 1. The Morgan fingerprint density at radius 1 is 1.29 bits per heavy atom. The van der Waals surface area contributed by atoms with Gasteiger partial charge in [0.15, 0.2) is 5.76 Å². The molecule has 0 radical (unpaired) electrons. The average Bonchev–Trinajstić information content (AvgIpc) is 3.45. The molecule has 0 saturated carbocycles. The Kier molecular flexibility index (Phi) is 5.73. The van der Waals surface area contributed by atoms with E-state index in [0.29, 0.717) is 43.5 Å². The third kappa shape index (κ3) is 4.29. The van der Waals surface area contributed by atoms with Crippen LogP contribution in [0.15, 0.2) is 45.4 Å². The topological polar surface area (TPSA) is 98.5 Å². The van der Waals surface area contributed by atoms with E-state index in [2.05, 4.69) is 16.4 Å². The predicted octanol–water partition coefficient (Wildman–Crippen LogP) is 3.40. The van der Waals surface area contributed by atoms with Crippen LogP contribution in [0.5, 0.6) is 0 Å². The first-order valence-corrected chi connectivity index (χ1v) is 9.97. The minimum atomic E-state index is -0.395. The van der Waals surface area contributed by atoms with Crippen molar-refractivity contribution in [2.75, 3.05) is 36.4 Å². The number of benzene rings is 1. The van der Waals surface area contributed by atoms with E-state index in [9.17, 15) is 14.4 Å². The Labute approximate surface area is 178 Å². The van der Waals surface area contributed by atoms with E-state index in [1.165, 1.54) is 18.4 Å². The molecule has 1 N–H and O–H groups in total. The van der Waals surface area contributed by atoms with Gasteiger partial charge in [0.2, 0.25) is 17.5 Å². The number of carbonyl (C=O) groups is 1. The number of rotatable bonds is 5. The van der Waals surface area contributed by atoms with Gasteiger partial charge < -0.3 is 19.1 Å². The zero-order chi connectivity index (χ0) is 22.0. The summed E-state index contributed by atoms with van der Waals surface area (Å²) in [5, 5.41) is 12.2. The van der Waals surface area contributed by atoms with Crippen LogP contribution >= 0.6 is 0 Å². The molecule has 160 valence electrons. The summed E-state index contributed by atoms with van der Waals surface area (Å²) in [4.78, 5) is 20.9.